The summed E-state index contributed by atoms with van der Waals surface area (Å²) < 4.78 is 0. The molecule has 0 rings (SSSR count). The molecule has 0 atom stereocenters. The van der Waals surface area contributed by atoms with E-state index in [1.54, 1.807) is 0 Å². The Morgan fingerprint density at radius 1 is 1.33 bits per heavy atom. The van der Waals surface area contributed by atoms with Crippen LogP contribution < -0.4 is 5.32 Å². The normalized spacial score (nSPS) is 11.5. The smallest absolute Gasteiger partial charge is 0.0558 e. The third kappa shape index (κ3) is 6.58. The maximum Gasteiger partial charge on any atom is 0.0558 e. The summed E-state index contributed by atoms with van der Waals surface area (Å²) >= 11 is 0. The van der Waals surface area contributed by atoms with Gasteiger partial charge >= 0.3 is 0 Å². The molecule has 0 saturated carbocycles. The van der Waals surface area contributed by atoms with E-state index in [0.717, 1.165) is 26.2 Å². The van der Waals surface area contributed by atoms with Gasteiger partial charge in [-0.15, -0.1) is 0 Å². The topological polar surface area (TPSA) is 35.5 Å². The molecule has 12 heavy (non-hydrogen) atoms. The van der Waals surface area contributed by atoms with Gasteiger partial charge in [0.1, 0.15) is 0 Å². The van der Waals surface area contributed by atoms with Crippen molar-refractivity contribution in [3.63, 3.8) is 0 Å². The second kappa shape index (κ2) is 7.53. The fourth-order valence-corrected chi connectivity index (χ4v) is 1.08. The number of likely N-dealkylation sites (N-methyl/N-ethyl adjacent to an activating group) is 1. The minimum Gasteiger partial charge on any atom is -0.395 e. The van der Waals surface area contributed by atoms with Crippen molar-refractivity contribution in [3.8, 4) is 0 Å². The lowest BCUT2D eigenvalue weighted by Gasteiger charge is -2.19. The molecular weight excluding hydrogens is 152 g/mol. The Bertz CT molecular complexity index is 96.5. The molecule has 0 aliphatic rings. The van der Waals surface area contributed by atoms with Gasteiger partial charge in [0.15, 0.2) is 0 Å². The molecule has 3 nitrogen and oxygen atoms in total. The molecule has 0 aliphatic carbocycles. The molecule has 0 amide bonds. The van der Waals surface area contributed by atoms with Crippen molar-refractivity contribution >= 4 is 0 Å². The molecule has 0 bridgehead atoms. The highest BCUT2D eigenvalue weighted by Gasteiger charge is 2.00. The molecule has 74 valence electrons. The van der Waals surface area contributed by atoms with Crippen molar-refractivity contribution in [2.24, 2.45) is 0 Å². The maximum atomic E-state index is 8.71. The van der Waals surface area contributed by atoms with Gasteiger partial charge in [0, 0.05) is 25.7 Å². The second-order valence-electron chi connectivity index (χ2n) is 3.27. The molecule has 0 aliphatic heterocycles. The van der Waals surface area contributed by atoms with Gasteiger partial charge < -0.3 is 15.3 Å². The molecule has 0 saturated heterocycles. The molecule has 0 radical (unpaired) electrons. The van der Waals surface area contributed by atoms with Crippen molar-refractivity contribution in [1.29, 1.82) is 0 Å². The number of aliphatic hydroxyl groups excluding tert-OH is 1. The summed E-state index contributed by atoms with van der Waals surface area (Å²) in [7, 11) is 0. The number of hydrogen-bond donors (Lipinski definition) is 2. The van der Waals surface area contributed by atoms with Crippen molar-refractivity contribution in [1.82, 2.24) is 10.2 Å². The van der Waals surface area contributed by atoms with E-state index in [4.69, 9.17) is 5.11 Å². The van der Waals surface area contributed by atoms with Crippen LogP contribution in [0.4, 0.5) is 0 Å². The van der Waals surface area contributed by atoms with Crippen LogP contribution in [0.1, 0.15) is 20.8 Å². The van der Waals surface area contributed by atoms with Crippen molar-refractivity contribution in [2.45, 2.75) is 26.8 Å². The minimum absolute atomic E-state index is 0.259. The average molecular weight is 174 g/mol. The summed E-state index contributed by atoms with van der Waals surface area (Å²) in [4.78, 5) is 2.23. The predicted molar refractivity (Wildman–Crippen MR) is 52.3 cm³/mol. The van der Waals surface area contributed by atoms with Gasteiger partial charge in [-0.1, -0.05) is 20.8 Å². The molecule has 0 aromatic carbocycles. The van der Waals surface area contributed by atoms with E-state index < -0.39 is 0 Å². The first-order valence-corrected chi connectivity index (χ1v) is 4.77. The number of nitrogens with zero attached hydrogens (tertiary/aromatic N) is 1. The van der Waals surface area contributed by atoms with Crippen LogP contribution >= 0.6 is 0 Å². The van der Waals surface area contributed by atoms with E-state index in [9.17, 15) is 0 Å². The Labute approximate surface area is 75.8 Å². The highest BCUT2D eigenvalue weighted by atomic mass is 16.3. The molecule has 2 N–H and O–H groups in total. The number of hydrogen-bond acceptors (Lipinski definition) is 3. The third-order valence-electron chi connectivity index (χ3n) is 1.84. The highest BCUT2D eigenvalue weighted by Crippen LogP contribution is 1.85. The summed E-state index contributed by atoms with van der Waals surface area (Å²) in [6, 6.07) is 0.554. The zero-order chi connectivity index (χ0) is 9.40. The fraction of sp³-hybridized carbons (Fsp3) is 1.00. The lowest BCUT2D eigenvalue weighted by atomic mass is 10.4. The van der Waals surface area contributed by atoms with Gasteiger partial charge in [-0.3, -0.25) is 0 Å². The Kier molecular flexibility index (Phi) is 7.45. The summed E-state index contributed by atoms with van der Waals surface area (Å²) in [6.45, 7) is 10.5. The van der Waals surface area contributed by atoms with E-state index in [1.165, 1.54) is 0 Å². The average Bonchev–Trinajstić information content (AvgIpc) is 2.02. The van der Waals surface area contributed by atoms with E-state index in [2.05, 4.69) is 31.0 Å². The van der Waals surface area contributed by atoms with E-state index in [-0.39, 0.29) is 6.61 Å². The van der Waals surface area contributed by atoms with Crippen LogP contribution in [0.3, 0.4) is 0 Å². The Balaban J connectivity index is 3.31. The second-order valence-corrected chi connectivity index (χ2v) is 3.27. The third-order valence-corrected chi connectivity index (χ3v) is 1.84. The molecule has 0 aromatic rings. The van der Waals surface area contributed by atoms with Gasteiger partial charge in [0.05, 0.1) is 6.61 Å². The van der Waals surface area contributed by atoms with Crippen LogP contribution in [0, 0.1) is 0 Å². The quantitative estimate of drug-likeness (QED) is 0.582. The van der Waals surface area contributed by atoms with Crippen LogP contribution in [0.5, 0.6) is 0 Å². The van der Waals surface area contributed by atoms with E-state index in [0.29, 0.717) is 6.04 Å². The number of aliphatic hydroxyl groups is 1. The maximum absolute atomic E-state index is 8.71. The summed E-state index contributed by atoms with van der Waals surface area (Å²) in [5.41, 5.74) is 0. The van der Waals surface area contributed by atoms with E-state index in [1.807, 2.05) is 0 Å². The van der Waals surface area contributed by atoms with Crippen LogP contribution in [-0.2, 0) is 0 Å². The summed E-state index contributed by atoms with van der Waals surface area (Å²) in [6.07, 6.45) is 0. The van der Waals surface area contributed by atoms with Crippen LogP contribution in [0.2, 0.25) is 0 Å². The van der Waals surface area contributed by atoms with Gasteiger partial charge in [0.2, 0.25) is 0 Å². The Morgan fingerprint density at radius 3 is 2.42 bits per heavy atom. The van der Waals surface area contributed by atoms with Crippen LogP contribution in [0.15, 0.2) is 0 Å². The monoisotopic (exact) mass is 174 g/mol. The molecule has 0 unspecified atom stereocenters. The van der Waals surface area contributed by atoms with Crippen LogP contribution in [-0.4, -0.2) is 48.8 Å². The zero-order valence-electron chi connectivity index (χ0n) is 8.51. The van der Waals surface area contributed by atoms with Gasteiger partial charge in [-0.25, -0.2) is 0 Å². The van der Waals surface area contributed by atoms with Crippen molar-refractivity contribution in [3.05, 3.63) is 0 Å². The minimum atomic E-state index is 0.259. The first kappa shape index (κ1) is 11.9. The fourth-order valence-electron chi connectivity index (χ4n) is 1.08. The molecule has 0 spiro atoms. The molecule has 0 aromatic heterocycles. The predicted octanol–water partition coefficient (Wildman–Crippen LogP) is 0.299. The first-order chi connectivity index (χ1) is 5.70. The summed E-state index contributed by atoms with van der Waals surface area (Å²) in [5.74, 6) is 0. The Hall–Kier alpha value is -0.120. The SMILES string of the molecule is CCN(CCO)CCNC(C)C. The number of rotatable bonds is 7. The van der Waals surface area contributed by atoms with Gasteiger partial charge in [-0.2, -0.15) is 0 Å². The summed E-state index contributed by atoms with van der Waals surface area (Å²) in [5, 5.41) is 12.1. The standard InChI is InChI=1S/C9H22N2O/c1-4-11(7-8-12)6-5-10-9(2)3/h9-10,12H,4-8H2,1-3H3. The highest BCUT2D eigenvalue weighted by molar-refractivity contribution is 4.59. The largest absolute Gasteiger partial charge is 0.395 e. The lowest BCUT2D eigenvalue weighted by molar-refractivity contribution is 0.201. The van der Waals surface area contributed by atoms with E-state index >= 15 is 0 Å². The number of nitrogens with one attached hydrogen (secondary N) is 1. The molecule has 0 heterocycles. The first-order valence-electron chi connectivity index (χ1n) is 4.77. The Morgan fingerprint density at radius 2 is 2.00 bits per heavy atom. The lowest BCUT2D eigenvalue weighted by Crippen LogP contribution is -2.36. The zero-order valence-corrected chi connectivity index (χ0v) is 8.51. The molecule has 3 heteroatoms. The molecular formula is C9H22N2O. The van der Waals surface area contributed by atoms with Gasteiger partial charge in [-0.05, 0) is 6.54 Å². The van der Waals surface area contributed by atoms with Crippen molar-refractivity contribution in [2.75, 3.05) is 32.8 Å². The van der Waals surface area contributed by atoms with Crippen molar-refractivity contribution < 1.29 is 5.11 Å². The molecule has 0 fully saturated rings. The van der Waals surface area contributed by atoms with Gasteiger partial charge in [0.25, 0.3) is 0 Å². The van der Waals surface area contributed by atoms with Crippen LogP contribution in [0.25, 0.3) is 0 Å².